The van der Waals surface area contributed by atoms with E-state index < -0.39 is 6.10 Å². The molecule has 4 heteroatoms. The van der Waals surface area contributed by atoms with Crippen molar-refractivity contribution in [2.24, 2.45) is 5.92 Å². The van der Waals surface area contributed by atoms with Gasteiger partial charge >= 0.3 is 0 Å². The van der Waals surface area contributed by atoms with Gasteiger partial charge in [-0.3, -0.25) is 0 Å². The number of hydrogen-bond donors (Lipinski definition) is 1. The van der Waals surface area contributed by atoms with Crippen LogP contribution in [-0.4, -0.2) is 44.0 Å². The number of ether oxygens (including phenoxy) is 2. The van der Waals surface area contributed by atoms with Crippen molar-refractivity contribution < 1.29 is 14.6 Å². The van der Waals surface area contributed by atoms with E-state index in [1.165, 1.54) is 0 Å². The molecule has 0 aromatic carbocycles. The summed E-state index contributed by atoms with van der Waals surface area (Å²) in [6.45, 7) is 8.56. The number of hydrogen-bond acceptors (Lipinski definition) is 3. The molecule has 2 unspecified atom stereocenters. The fourth-order valence-electron chi connectivity index (χ4n) is 2.13. The van der Waals surface area contributed by atoms with Crippen LogP contribution in [0.2, 0.25) is 5.82 Å². The van der Waals surface area contributed by atoms with Crippen LogP contribution in [0.1, 0.15) is 34.1 Å². The normalized spacial score (nSPS) is 35.2. The molecule has 0 bridgehead atoms. The molecule has 1 fully saturated rings. The highest BCUT2D eigenvalue weighted by atomic mass is 16.5. The smallest absolute Gasteiger partial charge is 0.0882 e. The van der Waals surface area contributed by atoms with Crippen LogP contribution in [0.25, 0.3) is 0 Å². The summed E-state index contributed by atoms with van der Waals surface area (Å²) < 4.78 is 11.3. The molecule has 0 aromatic heterocycles. The Morgan fingerprint density at radius 2 is 1.88 bits per heavy atom. The molecule has 0 aromatic rings. The predicted molar refractivity (Wildman–Crippen MR) is 64.7 cm³/mol. The van der Waals surface area contributed by atoms with Gasteiger partial charge in [-0.25, -0.2) is 0 Å². The summed E-state index contributed by atoms with van der Waals surface area (Å²) in [6.07, 6.45) is 0.322. The molecule has 1 saturated carbocycles. The molecule has 0 spiro atoms. The van der Waals surface area contributed by atoms with Gasteiger partial charge in [0.25, 0.3) is 0 Å². The van der Waals surface area contributed by atoms with Gasteiger partial charge in [-0.1, -0.05) is 0 Å². The first kappa shape index (κ1) is 14.0. The van der Waals surface area contributed by atoms with Crippen molar-refractivity contribution in [1.82, 2.24) is 0 Å². The first-order chi connectivity index (χ1) is 7.41. The van der Waals surface area contributed by atoms with Crippen LogP contribution in [0.3, 0.4) is 0 Å². The molecule has 2 radical (unpaired) electrons. The molecule has 4 atom stereocenters. The first-order valence-corrected chi connectivity index (χ1v) is 6.12. The minimum atomic E-state index is -0.567. The first-order valence-electron chi connectivity index (χ1n) is 6.12. The lowest BCUT2D eigenvalue weighted by atomic mass is 9.84. The van der Waals surface area contributed by atoms with Crippen LogP contribution in [-0.2, 0) is 9.47 Å². The second-order valence-electron chi connectivity index (χ2n) is 5.18. The molecule has 1 aliphatic carbocycles. The maximum absolute atomic E-state index is 9.94. The van der Waals surface area contributed by atoms with Crippen molar-refractivity contribution in [3.05, 3.63) is 0 Å². The van der Waals surface area contributed by atoms with Crippen LogP contribution in [0.15, 0.2) is 0 Å². The third kappa shape index (κ3) is 3.76. The number of aliphatic hydroxyl groups excluding tert-OH is 1. The Morgan fingerprint density at radius 1 is 1.25 bits per heavy atom. The van der Waals surface area contributed by atoms with Crippen LogP contribution in [0, 0.1) is 5.92 Å². The topological polar surface area (TPSA) is 38.7 Å². The zero-order valence-electron chi connectivity index (χ0n) is 10.7. The zero-order valence-corrected chi connectivity index (χ0v) is 10.7. The fourth-order valence-corrected chi connectivity index (χ4v) is 2.13. The van der Waals surface area contributed by atoms with E-state index in [2.05, 4.69) is 0 Å². The van der Waals surface area contributed by atoms with Crippen molar-refractivity contribution in [3.63, 3.8) is 0 Å². The second-order valence-corrected chi connectivity index (χ2v) is 5.18. The Morgan fingerprint density at radius 3 is 2.38 bits per heavy atom. The molecule has 1 N–H and O–H groups in total. The third-order valence-corrected chi connectivity index (χ3v) is 2.89. The SMILES string of the molecule is [B][C@@H]1C[C@H](COC(C)C)C(OC(C)C)C1O. The van der Waals surface area contributed by atoms with Crippen molar-refractivity contribution in [1.29, 1.82) is 0 Å². The Labute approximate surface area is 99.9 Å². The minimum Gasteiger partial charge on any atom is -0.391 e. The Bertz CT molecular complexity index is 208. The zero-order chi connectivity index (χ0) is 12.3. The van der Waals surface area contributed by atoms with Crippen LogP contribution >= 0.6 is 0 Å². The van der Waals surface area contributed by atoms with E-state index in [9.17, 15) is 5.11 Å². The lowest BCUT2D eigenvalue weighted by molar-refractivity contribution is -0.0859. The Kier molecular flexibility index (Phi) is 5.28. The second kappa shape index (κ2) is 6.03. The molecule has 16 heavy (non-hydrogen) atoms. The maximum Gasteiger partial charge on any atom is 0.0882 e. The fraction of sp³-hybridized carbons (Fsp3) is 1.00. The molecule has 1 rings (SSSR count). The highest BCUT2D eigenvalue weighted by molar-refractivity contribution is 6.12. The highest BCUT2D eigenvalue weighted by Gasteiger charge is 2.41. The molecule has 0 saturated heterocycles. The van der Waals surface area contributed by atoms with Crippen molar-refractivity contribution >= 4 is 7.85 Å². The Balaban J connectivity index is 2.52. The van der Waals surface area contributed by atoms with Gasteiger partial charge in [-0.05, 0) is 39.9 Å². The molecule has 1 aliphatic rings. The molecular weight excluding hydrogens is 203 g/mol. The number of rotatable bonds is 5. The van der Waals surface area contributed by atoms with Gasteiger partial charge in [0.1, 0.15) is 0 Å². The average Bonchev–Trinajstić information content (AvgIpc) is 2.42. The van der Waals surface area contributed by atoms with Gasteiger partial charge in [-0.15, -0.1) is 0 Å². The van der Waals surface area contributed by atoms with Gasteiger partial charge in [0, 0.05) is 5.92 Å². The minimum absolute atomic E-state index is 0.103. The van der Waals surface area contributed by atoms with Crippen LogP contribution in [0.4, 0.5) is 0 Å². The van der Waals surface area contributed by atoms with E-state index in [1.54, 1.807) is 0 Å². The standard InChI is InChI=1S/C12H23BO3/c1-7(2)15-6-9-5-10(13)11(14)12(9)16-8(3)4/h7-12,14H,5-6H2,1-4H3/t9-,10-,11?,12?/m1/s1. The van der Waals surface area contributed by atoms with E-state index in [-0.39, 0.29) is 30.0 Å². The van der Waals surface area contributed by atoms with Crippen molar-refractivity contribution in [2.45, 2.75) is 64.3 Å². The molecule has 3 nitrogen and oxygen atoms in total. The van der Waals surface area contributed by atoms with Gasteiger partial charge in [0.05, 0.1) is 38.9 Å². The lowest BCUT2D eigenvalue weighted by Crippen LogP contribution is -2.34. The summed E-state index contributed by atoms with van der Waals surface area (Å²) in [5, 5.41) is 9.94. The van der Waals surface area contributed by atoms with Gasteiger partial charge in [0.2, 0.25) is 0 Å². The molecular formula is C12H23BO3. The monoisotopic (exact) mass is 226 g/mol. The van der Waals surface area contributed by atoms with Crippen molar-refractivity contribution in [3.8, 4) is 0 Å². The van der Waals surface area contributed by atoms with E-state index in [0.717, 1.165) is 6.42 Å². The molecule has 0 heterocycles. The third-order valence-electron chi connectivity index (χ3n) is 2.89. The van der Waals surface area contributed by atoms with E-state index in [4.69, 9.17) is 17.3 Å². The average molecular weight is 226 g/mol. The van der Waals surface area contributed by atoms with Crippen LogP contribution < -0.4 is 0 Å². The maximum atomic E-state index is 9.94. The summed E-state index contributed by atoms with van der Waals surface area (Å²) in [5.74, 6) is 0.0133. The molecule has 92 valence electrons. The Hall–Kier alpha value is -0.0551. The largest absolute Gasteiger partial charge is 0.391 e. The van der Waals surface area contributed by atoms with Gasteiger partial charge < -0.3 is 14.6 Å². The van der Waals surface area contributed by atoms with Gasteiger partial charge in [-0.2, -0.15) is 0 Å². The van der Waals surface area contributed by atoms with Crippen molar-refractivity contribution in [2.75, 3.05) is 6.61 Å². The summed E-state index contributed by atoms with van der Waals surface area (Å²) >= 11 is 0. The lowest BCUT2D eigenvalue weighted by Gasteiger charge is -2.25. The predicted octanol–water partition coefficient (Wildman–Crippen LogP) is 1.54. The van der Waals surface area contributed by atoms with E-state index in [0.29, 0.717) is 6.61 Å². The summed E-state index contributed by atoms with van der Waals surface area (Å²) in [6, 6.07) is 0. The van der Waals surface area contributed by atoms with Crippen LogP contribution in [0.5, 0.6) is 0 Å². The quantitative estimate of drug-likeness (QED) is 0.722. The summed E-state index contributed by atoms with van der Waals surface area (Å²) in [4.78, 5) is 0. The van der Waals surface area contributed by atoms with Gasteiger partial charge in [0.15, 0.2) is 0 Å². The van der Waals surface area contributed by atoms with E-state index in [1.807, 2.05) is 27.7 Å². The highest BCUT2D eigenvalue weighted by Crippen LogP contribution is 2.36. The number of aliphatic hydroxyl groups is 1. The summed E-state index contributed by atoms with van der Waals surface area (Å²) in [5.41, 5.74) is 0. The molecule has 0 amide bonds. The molecule has 0 aliphatic heterocycles. The summed E-state index contributed by atoms with van der Waals surface area (Å²) in [7, 11) is 5.86. The van der Waals surface area contributed by atoms with E-state index >= 15 is 0 Å².